The Morgan fingerprint density at radius 2 is 1.56 bits per heavy atom. The molecule has 4 aromatic rings. The monoisotopic (exact) mass is 530 g/mol. The molecule has 0 aliphatic heterocycles. The van der Waals surface area contributed by atoms with Crippen LogP contribution in [0.4, 0.5) is 8.78 Å². The van der Waals surface area contributed by atoms with Gasteiger partial charge in [-0.05, 0) is 47.4 Å². The summed E-state index contributed by atoms with van der Waals surface area (Å²) in [6.45, 7) is 5.40. The van der Waals surface area contributed by atoms with E-state index in [0.717, 1.165) is 33.9 Å². The summed E-state index contributed by atoms with van der Waals surface area (Å²) in [7, 11) is 0. The zero-order chi connectivity index (χ0) is 27.6. The van der Waals surface area contributed by atoms with Gasteiger partial charge >= 0.3 is 0 Å². The number of rotatable bonds is 12. The van der Waals surface area contributed by atoms with E-state index in [1.165, 1.54) is 19.1 Å². The third-order valence-corrected chi connectivity index (χ3v) is 6.35. The minimum Gasteiger partial charge on any atom is -0.489 e. The number of carbonyl (C=O) groups is 1. The molecule has 4 aromatic carbocycles. The second-order valence-electron chi connectivity index (χ2n) is 9.20. The minimum atomic E-state index is -0.661. The van der Waals surface area contributed by atoms with E-state index in [2.05, 4.69) is 35.8 Å². The average Bonchev–Trinajstić information content (AvgIpc) is 2.93. The highest BCUT2D eigenvalue weighted by Crippen LogP contribution is 2.29. The lowest BCUT2D eigenvalue weighted by molar-refractivity contribution is -0.118. The SMILES string of the molecule is CC(=O)NCCNCc1ccc(OCc2cccc(-c3ccccc3)c2C)cc1OCc1ccc(F)cc1F. The van der Waals surface area contributed by atoms with E-state index >= 15 is 0 Å². The number of benzene rings is 4. The van der Waals surface area contributed by atoms with Crippen molar-refractivity contribution < 1.29 is 23.0 Å². The van der Waals surface area contributed by atoms with Crippen LogP contribution in [0.15, 0.2) is 84.9 Å². The highest BCUT2D eigenvalue weighted by molar-refractivity contribution is 5.72. The predicted octanol–water partition coefficient (Wildman–Crippen LogP) is 6.32. The minimum absolute atomic E-state index is 0.0628. The molecule has 0 saturated heterocycles. The summed E-state index contributed by atoms with van der Waals surface area (Å²) in [4.78, 5) is 11.1. The van der Waals surface area contributed by atoms with Crippen LogP contribution in [0.1, 0.15) is 29.2 Å². The second kappa shape index (κ2) is 13.5. The van der Waals surface area contributed by atoms with Crippen molar-refractivity contribution in [3.05, 3.63) is 119 Å². The fourth-order valence-electron chi connectivity index (χ4n) is 4.18. The molecule has 0 aliphatic carbocycles. The third-order valence-electron chi connectivity index (χ3n) is 6.35. The first kappa shape index (κ1) is 27.8. The van der Waals surface area contributed by atoms with E-state index in [1.54, 1.807) is 6.07 Å². The molecule has 0 bridgehead atoms. The van der Waals surface area contributed by atoms with Gasteiger partial charge in [-0.25, -0.2) is 8.78 Å². The molecule has 2 N–H and O–H groups in total. The van der Waals surface area contributed by atoms with Gasteiger partial charge in [0.05, 0.1) is 0 Å². The molecule has 7 heteroatoms. The molecular weight excluding hydrogens is 498 g/mol. The summed E-state index contributed by atoms with van der Waals surface area (Å²) >= 11 is 0. The van der Waals surface area contributed by atoms with Crippen LogP contribution in [0.3, 0.4) is 0 Å². The zero-order valence-electron chi connectivity index (χ0n) is 22.1. The van der Waals surface area contributed by atoms with Crippen molar-refractivity contribution in [1.82, 2.24) is 10.6 Å². The normalized spacial score (nSPS) is 10.8. The topological polar surface area (TPSA) is 59.6 Å². The first-order chi connectivity index (χ1) is 18.9. The molecule has 0 atom stereocenters. The first-order valence-corrected chi connectivity index (χ1v) is 12.8. The van der Waals surface area contributed by atoms with Crippen LogP contribution in [-0.4, -0.2) is 19.0 Å². The Morgan fingerprint density at radius 3 is 2.33 bits per heavy atom. The Hall–Kier alpha value is -4.23. The molecule has 0 saturated carbocycles. The number of ether oxygens (including phenoxy) is 2. The van der Waals surface area contributed by atoms with E-state index in [4.69, 9.17) is 9.47 Å². The summed E-state index contributed by atoms with van der Waals surface area (Å²) in [5, 5.41) is 6.00. The molecular formula is C32H32F2N2O3. The Morgan fingerprint density at radius 1 is 0.795 bits per heavy atom. The van der Waals surface area contributed by atoms with Gasteiger partial charge in [-0.15, -0.1) is 0 Å². The van der Waals surface area contributed by atoms with Crippen LogP contribution in [0.25, 0.3) is 11.1 Å². The van der Waals surface area contributed by atoms with Crippen LogP contribution in [-0.2, 0) is 24.6 Å². The third kappa shape index (κ3) is 7.88. The zero-order valence-corrected chi connectivity index (χ0v) is 22.1. The summed E-state index contributed by atoms with van der Waals surface area (Å²) < 4.78 is 39.6. The highest BCUT2D eigenvalue weighted by atomic mass is 19.1. The average molecular weight is 531 g/mol. The van der Waals surface area contributed by atoms with Crippen LogP contribution >= 0.6 is 0 Å². The number of amides is 1. The Balaban J connectivity index is 1.48. The molecule has 1 amide bonds. The summed E-state index contributed by atoms with van der Waals surface area (Å²) in [5.74, 6) is -0.254. The standard InChI is InChI=1S/C32H32F2N2O3/c1-22-26(9-6-10-30(22)24-7-4-3-5-8-24)20-38-29-14-12-25(19-35-15-16-36-23(2)37)32(18-29)39-21-27-11-13-28(33)17-31(27)34/h3-14,17-18,35H,15-16,19-21H2,1-2H3,(H,36,37). The van der Waals surface area contributed by atoms with Crippen molar-refractivity contribution >= 4 is 5.91 Å². The molecule has 0 unspecified atom stereocenters. The first-order valence-electron chi connectivity index (χ1n) is 12.8. The van der Waals surface area contributed by atoms with Gasteiger partial charge in [0.2, 0.25) is 5.91 Å². The van der Waals surface area contributed by atoms with Crippen LogP contribution in [0.2, 0.25) is 0 Å². The van der Waals surface area contributed by atoms with Gasteiger partial charge in [-0.1, -0.05) is 54.6 Å². The summed E-state index contributed by atoms with van der Waals surface area (Å²) in [5.41, 5.74) is 5.61. The molecule has 0 radical (unpaired) electrons. The molecule has 4 rings (SSSR count). The summed E-state index contributed by atoms with van der Waals surface area (Å²) in [6, 6.07) is 25.3. The van der Waals surface area contributed by atoms with Crippen LogP contribution in [0.5, 0.6) is 11.5 Å². The van der Waals surface area contributed by atoms with Gasteiger partial charge in [-0.3, -0.25) is 4.79 Å². The van der Waals surface area contributed by atoms with Crippen molar-refractivity contribution in [1.29, 1.82) is 0 Å². The molecule has 0 fully saturated rings. The maximum absolute atomic E-state index is 14.2. The fourth-order valence-corrected chi connectivity index (χ4v) is 4.18. The predicted molar refractivity (Wildman–Crippen MR) is 148 cm³/mol. The molecule has 202 valence electrons. The van der Waals surface area contributed by atoms with E-state index in [1.807, 2.05) is 42.5 Å². The number of nitrogens with one attached hydrogen (secondary N) is 2. The molecule has 39 heavy (non-hydrogen) atoms. The van der Waals surface area contributed by atoms with Gasteiger partial charge in [0, 0.05) is 49.8 Å². The van der Waals surface area contributed by atoms with Crippen molar-refractivity contribution in [3.63, 3.8) is 0 Å². The molecule has 5 nitrogen and oxygen atoms in total. The number of halogens is 2. The smallest absolute Gasteiger partial charge is 0.216 e. The van der Waals surface area contributed by atoms with Crippen molar-refractivity contribution in [3.8, 4) is 22.6 Å². The largest absolute Gasteiger partial charge is 0.489 e. The fraction of sp³-hybridized carbons (Fsp3) is 0.219. The maximum Gasteiger partial charge on any atom is 0.216 e. The van der Waals surface area contributed by atoms with E-state index < -0.39 is 11.6 Å². The quantitative estimate of drug-likeness (QED) is 0.210. The maximum atomic E-state index is 14.2. The highest BCUT2D eigenvalue weighted by Gasteiger charge is 2.11. The van der Waals surface area contributed by atoms with Gasteiger partial charge in [-0.2, -0.15) is 0 Å². The molecule has 0 aromatic heterocycles. The van der Waals surface area contributed by atoms with Gasteiger partial charge in [0.1, 0.15) is 36.3 Å². The van der Waals surface area contributed by atoms with Crippen molar-refractivity contribution in [2.24, 2.45) is 0 Å². The van der Waals surface area contributed by atoms with E-state index in [-0.39, 0.29) is 18.1 Å². The van der Waals surface area contributed by atoms with Crippen LogP contribution in [0, 0.1) is 18.6 Å². The number of hydrogen-bond donors (Lipinski definition) is 2. The summed E-state index contributed by atoms with van der Waals surface area (Å²) in [6.07, 6.45) is 0. The van der Waals surface area contributed by atoms with Gasteiger partial charge in [0.25, 0.3) is 0 Å². The lowest BCUT2D eigenvalue weighted by Gasteiger charge is -2.16. The van der Waals surface area contributed by atoms with Crippen molar-refractivity contribution in [2.45, 2.75) is 33.6 Å². The number of carbonyl (C=O) groups excluding carboxylic acids is 1. The lowest BCUT2D eigenvalue weighted by Crippen LogP contribution is -2.30. The van der Waals surface area contributed by atoms with Crippen LogP contribution < -0.4 is 20.1 Å². The van der Waals surface area contributed by atoms with E-state index in [9.17, 15) is 13.6 Å². The van der Waals surface area contributed by atoms with Gasteiger partial charge < -0.3 is 20.1 Å². The molecule has 0 aliphatic rings. The molecule has 0 spiro atoms. The Labute approximate surface area is 227 Å². The van der Waals surface area contributed by atoms with E-state index in [0.29, 0.717) is 37.7 Å². The van der Waals surface area contributed by atoms with Crippen molar-refractivity contribution in [2.75, 3.05) is 13.1 Å². The molecule has 0 heterocycles. The number of hydrogen-bond acceptors (Lipinski definition) is 4. The lowest BCUT2D eigenvalue weighted by atomic mass is 9.97. The second-order valence-corrected chi connectivity index (χ2v) is 9.20. The Kier molecular flexibility index (Phi) is 9.64. The Bertz CT molecular complexity index is 1410. The van der Waals surface area contributed by atoms with Gasteiger partial charge in [0.15, 0.2) is 0 Å².